The Morgan fingerprint density at radius 1 is 0.871 bits per heavy atom. The molecule has 0 saturated heterocycles. The summed E-state index contributed by atoms with van der Waals surface area (Å²) in [5.41, 5.74) is 3.11. The van der Waals surface area contributed by atoms with E-state index in [9.17, 15) is 0 Å². The summed E-state index contributed by atoms with van der Waals surface area (Å²) < 4.78 is 8.16. The van der Waals surface area contributed by atoms with E-state index in [2.05, 4.69) is 34.7 Å². The number of ether oxygens (including phenoxy) is 1. The molecule has 0 amide bonds. The van der Waals surface area contributed by atoms with Crippen LogP contribution in [0, 0.1) is 0 Å². The maximum absolute atomic E-state index is 5.94. The van der Waals surface area contributed by atoms with E-state index in [1.54, 1.807) is 0 Å². The molecule has 0 aliphatic carbocycles. The average Bonchev–Trinajstić information content (AvgIpc) is 3.20. The van der Waals surface area contributed by atoms with Crippen molar-refractivity contribution in [3.05, 3.63) is 30.6 Å². The van der Waals surface area contributed by atoms with Crippen LogP contribution in [0.4, 0.5) is 5.82 Å². The molecular formula is C26H40N4O. The maximum atomic E-state index is 5.94. The number of hydrogen-bond donors (Lipinski definition) is 0. The third-order valence-corrected chi connectivity index (χ3v) is 5.98. The number of benzene rings is 1. The molecule has 2 aromatic heterocycles. The van der Waals surface area contributed by atoms with E-state index in [0.29, 0.717) is 0 Å². The minimum Gasteiger partial charge on any atom is -0.380 e. The molecule has 5 heteroatoms. The molecule has 0 aliphatic rings. The van der Waals surface area contributed by atoms with Crippen LogP contribution in [0.25, 0.3) is 21.9 Å². The molecule has 0 radical (unpaired) electrons. The predicted molar refractivity (Wildman–Crippen MR) is 132 cm³/mol. The van der Waals surface area contributed by atoms with Crippen LogP contribution in [0.5, 0.6) is 0 Å². The van der Waals surface area contributed by atoms with E-state index >= 15 is 0 Å². The molecule has 2 heterocycles. The number of hydrogen-bond acceptors (Lipinski definition) is 4. The van der Waals surface area contributed by atoms with E-state index in [1.807, 2.05) is 31.4 Å². The van der Waals surface area contributed by atoms with Gasteiger partial charge in [0.25, 0.3) is 0 Å². The zero-order valence-electron chi connectivity index (χ0n) is 19.8. The van der Waals surface area contributed by atoms with Gasteiger partial charge in [-0.25, -0.2) is 9.97 Å². The van der Waals surface area contributed by atoms with Crippen molar-refractivity contribution in [3.8, 4) is 0 Å². The highest BCUT2D eigenvalue weighted by Gasteiger charge is 2.14. The summed E-state index contributed by atoms with van der Waals surface area (Å²) in [7, 11) is 4.04. The van der Waals surface area contributed by atoms with E-state index in [1.165, 1.54) is 57.8 Å². The monoisotopic (exact) mass is 424 g/mol. The molecule has 1 aromatic carbocycles. The molecule has 0 bridgehead atoms. The quantitative estimate of drug-likeness (QED) is 0.258. The molecule has 3 aromatic rings. The third-order valence-electron chi connectivity index (χ3n) is 5.98. The Kier molecular flexibility index (Phi) is 9.60. The minimum atomic E-state index is 0.719. The van der Waals surface area contributed by atoms with Crippen molar-refractivity contribution in [1.82, 2.24) is 14.5 Å². The molecule has 0 aliphatic heterocycles. The first-order valence-corrected chi connectivity index (χ1v) is 12.2. The minimum absolute atomic E-state index is 0.719. The first-order chi connectivity index (χ1) is 15.2. The maximum Gasteiger partial charge on any atom is 0.156 e. The van der Waals surface area contributed by atoms with Crippen LogP contribution in [0.1, 0.15) is 71.1 Å². The summed E-state index contributed by atoms with van der Waals surface area (Å²) in [6.07, 6.45) is 15.5. The van der Waals surface area contributed by atoms with Gasteiger partial charge in [0.15, 0.2) is 5.82 Å². The van der Waals surface area contributed by atoms with Crippen LogP contribution in [0.2, 0.25) is 0 Å². The second-order valence-electron chi connectivity index (χ2n) is 8.78. The highest BCUT2D eigenvalue weighted by atomic mass is 16.5. The second kappa shape index (κ2) is 12.7. The Hall–Kier alpha value is -2.14. The van der Waals surface area contributed by atoms with Gasteiger partial charge < -0.3 is 14.2 Å². The Labute approximate surface area is 187 Å². The van der Waals surface area contributed by atoms with Crippen LogP contribution >= 0.6 is 0 Å². The zero-order valence-corrected chi connectivity index (χ0v) is 19.8. The van der Waals surface area contributed by atoms with Gasteiger partial charge in [-0.05, 0) is 12.5 Å². The van der Waals surface area contributed by atoms with Crippen molar-refractivity contribution >= 4 is 27.8 Å². The molecule has 0 unspecified atom stereocenters. The Bertz CT molecular complexity index is 918. The summed E-state index contributed by atoms with van der Waals surface area (Å²) in [6.45, 7) is 4.67. The third kappa shape index (κ3) is 6.67. The first kappa shape index (κ1) is 23.5. The molecular weight excluding hydrogens is 384 g/mol. The molecule has 170 valence electrons. The molecule has 0 fully saturated rings. The number of imidazole rings is 1. The Morgan fingerprint density at radius 3 is 2.26 bits per heavy atom. The van der Waals surface area contributed by atoms with E-state index < -0.39 is 0 Å². The molecule has 5 nitrogen and oxygen atoms in total. The molecule has 3 rings (SSSR count). The van der Waals surface area contributed by atoms with E-state index in [4.69, 9.17) is 9.72 Å². The smallest absolute Gasteiger partial charge is 0.156 e. The Morgan fingerprint density at radius 2 is 1.55 bits per heavy atom. The summed E-state index contributed by atoms with van der Waals surface area (Å²) in [5.74, 6) is 0.915. The number of unbranched alkanes of at least 4 members (excludes halogenated alkanes) is 9. The lowest BCUT2D eigenvalue weighted by Gasteiger charge is -2.14. The lowest BCUT2D eigenvalue weighted by atomic mass is 10.1. The molecule has 0 N–H and O–H groups in total. The number of para-hydroxylation sites is 1. The number of rotatable bonds is 15. The van der Waals surface area contributed by atoms with Crippen LogP contribution in [0.15, 0.2) is 30.6 Å². The summed E-state index contributed by atoms with van der Waals surface area (Å²) in [4.78, 5) is 11.5. The SMILES string of the molecule is CCCCCCCCCCCCOCCn1cnc2c(N(C)C)nc3ccccc3c21. The highest BCUT2D eigenvalue weighted by molar-refractivity contribution is 6.06. The van der Waals surface area contributed by atoms with Crippen LogP contribution in [0.3, 0.4) is 0 Å². The van der Waals surface area contributed by atoms with Gasteiger partial charge >= 0.3 is 0 Å². The van der Waals surface area contributed by atoms with Crippen molar-refractivity contribution in [2.75, 3.05) is 32.2 Å². The largest absolute Gasteiger partial charge is 0.380 e. The van der Waals surface area contributed by atoms with Gasteiger partial charge in [-0.2, -0.15) is 0 Å². The average molecular weight is 425 g/mol. The van der Waals surface area contributed by atoms with Crippen molar-refractivity contribution in [2.45, 2.75) is 77.7 Å². The van der Waals surface area contributed by atoms with E-state index in [-0.39, 0.29) is 0 Å². The van der Waals surface area contributed by atoms with Gasteiger partial charge in [0, 0.05) is 32.6 Å². The highest BCUT2D eigenvalue weighted by Crippen LogP contribution is 2.29. The van der Waals surface area contributed by atoms with Crippen LogP contribution in [-0.4, -0.2) is 41.8 Å². The van der Waals surface area contributed by atoms with Gasteiger partial charge in [0.2, 0.25) is 0 Å². The number of aromatic nitrogens is 3. The van der Waals surface area contributed by atoms with E-state index in [0.717, 1.165) is 53.9 Å². The normalized spacial score (nSPS) is 11.6. The van der Waals surface area contributed by atoms with Gasteiger partial charge in [0.05, 0.1) is 24.0 Å². The van der Waals surface area contributed by atoms with Crippen molar-refractivity contribution in [2.24, 2.45) is 0 Å². The fourth-order valence-corrected chi connectivity index (χ4v) is 4.20. The van der Waals surface area contributed by atoms with Crippen LogP contribution in [-0.2, 0) is 11.3 Å². The number of nitrogens with zero attached hydrogens (tertiary/aromatic N) is 4. The molecule has 31 heavy (non-hydrogen) atoms. The fraction of sp³-hybridized carbons (Fsp3) is 0.615. The van der Waals surface area contributed by atoms with Crippen LogP contribution < -0.4 is 4.90 Å². The summed E-state index contributed by atoms with van der Waals surface area (Å²) in [5, 5.41) is 1.15. The lowest BCUT2D eigenvalue weighted by Crippen LogP contribution is -2.12. The summed E-state index contributed by atoms with van der Waals surface area (Å²) >= 11 is 0. The lowest BCUT2D eigenvalue weighted by molar-refractivity contribution is 0.123. The molecule has 0 atom stereocenters. The van der Waals surface area contributed by atoms with Crippen molar-refractivity contribution in [1.29, 1.82) is 0 Å². The van der Waals surface area contributed by atoms with Gasteiger partial charge in [-0.3, -0.25) is 0 Å². The topological polar surface area (TPSA) is 43.2 Å². The number of pyridine rings is 1. The predicted octanol–water partition coefficient (Wildman–Crippen LogP) is 6.59. The van der Waals surface area contributed by atoms with Crippen molar-refractivity contribution < 1.29 is 4.74 Å². The molecule has 0 saturated carbocycles. The Balaban J connectivity index is 1.41. The van der Waals surface area contributed by atoms with Gasteiger partial charge in [-0.15, -0.1) is 0 Å². The van der Waals surface area contributed by atoms with Gasteiger partial charge in [0.1, 0.15) is 5.52 Å². The number of fused-ring (bicyclic) bond motifs is 3. The second-order valence-corrected chi connectivity index (χ2v) is 8.78. The van der Waals surface area contributed by atoms with Crippen molar-refractivity contribution in [3.63, 3.8) is 0 Å². The fourth-order valence-electron chi connectivity index (χ4n) is 4.20. The zero-order chi connectivity index (χ0) is 21.9. The first-order valence-electron chi connectivity index (χ1n) is 12.2. The summed E-state index contributed by atoms with van der Waals surface area (Å²) in [6, 6.07) is 8.31. The molecule has 0 spiro atoms. The number of anilines is 1. The van der Waals surface area contributed by atoms with Gasteiger partial charge in [-0.1, -0.05) is 82.9 Å². The standard InChI is InChI=1S/C26H40N4O/c1-4-5-6-7-8-9-10-11-12-15-19-31-20-18-30-21-27-24-25(30)22-16-13-14-17-23(22)28-26(24)29(2)3/h13-14,16-17,21H,4-12,15,18-20H2,1-3H3.